The third kappa shape index (κ3) is 2.38. The topological polar surface area (TPSA) is 30.9 Å². The largest absolute Gasteiger partial charge is 0.324 e. The maximum atomic E-state index is 14.2. The zero-order chi connectivity index (χ0) is 15.4. The van der Waals surface area contributed by atoms with Crippen molar-refractivity contribution >= 4 is 0 Å². The first-order valence-electron chi connectivity index (χ1n) is 7.21. The van der Waals surface area contributed by atoms with Crippen molar-refractivity contribution in [1.29, 1.82) is 0 Å². The molecule has 1 aliphatic carbocycles. The predicted octanol–water partition coefficient (Wildman–Crippen LogP) is 4.04. The summed E-state index contributed by atoms with van der Waals surface area (Å²) in [4.78, 5) is 0. The SMILES string of the molecule is Cc1cc2c(n1-c1ccc(F)cc1F)CC(C)(C)CC2N. The molecule has 21 heavy (non-hydrogen) atoms. The van der Waals surface area contributed by atoms with E-state index in [1.54, 1.807) is 0 Å². The van der Waals surface area contributed by atoms with Gasteiger partial charge in [0, 0.05) is 23.5 Å². The molecule has 1 aliphatic rings. The van der Waals surface area contributed by atoms with Gasteiger partial charge in [-0.2, -0.15) is 0 Å². The van der Waals surface area contributed by atoms with Gasteiger partial charge >= 0.3 is 0 Å². The van der Waals surface area contributed by atoms with Gasteiger partial charge in [-0.05, 0) is 48.9 Å². The zero-order valence-electron chi connectivity index (χ0n) is 12.6. The normalized spacial score (nSPS) is 20.4. The summed E-state index contributed by atoms with van der Waals surface area (Å²) < 4.78 is 29.2. The van der Waals surface area contributed by atoms with Crippen molar-refractivity contribution in [2.75, 3.05) is 0 Å². The second-order valence-corrected chi connectivity index (χ2v) is 6.77. The van der Waals surface area contributed by atoms with E-state index in [9.17, 15) is 8.78 Å². The number of nitrogens with two attached hydrogens (primary N) is 1. The number of nitrogens with zero attached hydrogens (tertiary/aromatic N) is 1. The Morgan fingerprint density at radius 2 is 1.95 bits per heavy atom. The van der Waals surface area contributed by atoms with E-state index in [0.29, 0.717) is 5.69 Å². The second-order valence-electron chi connectivity index (χ2n) is 6.77. The highest BCUT2D eigenvalue weighted by Gasteiger charge is 2.33. The average molecular weight is 290 g/mol. The van der Waals surface area contributed by atoms with E-state index in [-0.39, 0.29) is 11.5 Å². The molecular weight excluding hydrogens is 270 g/mol. The molecule has 0 bridgehead atoms. The number of hydrogen-bond donors (Lipinski definition) is 1. The summed E-state index contributed by atoms with van der Waals surface area (Å²) in [6.07, 6.45) is 1.75. The minimum atomic E-state index is -0.563. The third-order valence-electron chi connectivity index (χ3n) is 4.29. The number of benzene rings is 1. The van der Waals surface area contributed by atoms with Crippen LogP contribution in [0.5, 0.6) is 0 Å². The fourth-order valence-corrected chi connectivity index (χ4v) is 3.45. The maximum absolute atomic E-state index is 14.2. The summed E-state index contributed by atoms with van der Waals surface area (Å²) in [5, 5.41) is 0. The molecule has 112 valence electrons. The van der Waals surface area contributed by atoms with Gasteiger partial charge < -0.3 is 10.3 Å². The molecule has 0 aliphatic heterocycles. The highest BCUT2D eigenvalue weighted by atomic mass is 19.1. The van der Waals surface area contributed by atoms with Crippen molar-refractivity contribution in [3.63, 3.8) is 0 Å². The van der Waals surface area contributed by atoms with Crippen LogP contribution in [0.3, 0.4) is 0 Å². The Labute approximate surface area is 123 Å². The Morgan fingerprint density at radius 1 is 1.24 bits per heavy atom. The number of fused-ring (bicyclic) bond motifs is 1. The first-order valence-corrected chi connectivity index (χ1v) is 7.21. The molecule has 1 atom stereocenters. The summed E-state index contributed by atoms with van der Waals surface area (Å²) in [5.74, 6) is -1.11. The van der Waals surface area contributed by atoms with Crippen molar-refractivity contribution in [2.24, 2.45) is 11.1 Å². The van der Waals surface area contributed by atoms with Gasteiger partial charge in [-0.15, -0.1) is 0 Å². The average Bonchev–Trinajstić information content (AvgIpc) is 2.65. The molecule has 0 fully saturated rings. The van der Waals surface area contributed by atoms with Gasteiger partial charge in [-0.1, -0.05) is 13.8 Å². The molecule has 1 aromatic heterocycles. The lowest BCUT2D eigenvalue weighted by atomic mass is 9.74. The number of rotatable bonds is 1. The molecule has 0 amide bonds. The Morgan fingerprint density at radius 3 is 2.62 bits per heavy atom. The van der Waals surface area contributed by atoms with E-state index in [1.807, 2.05) is 17.6 Å². The first kappa shape index (κ1) is 14.3. The molecule has 0 radical (unpaired) electrons. The second kappa shape index (κ2) is 4.67. The van der Waals surface area contributed by atoms with Gasteiger partial charge in [0.25, 0.3) is 0 Å². The van der Waals surface area contributed by atoms with E-state index in [4.69, 9.17) is 5.73 Å². The van der Waals surface area contributed by atoms with Crippen LogP contribution in [0.15, 0.2) is 24.3 Å². The summed E-state index contributed by atoms with van der Waals surface area (Å²) >= 11 is 0. The number of hydrogen-bond acceptors (Lipinski definition) is 1. The molecule has 0 saturated carbocycles. The van der Waals surface area contributed by atoms with Crippen LogP contribution in [0, 0.1) is 24.0 Å². The summed E-state index contributed by atoms with van der Waals surface area (Å²) in [6, 6.07) is 5.70. The van der Waals surface area contributed by atoms with E-state index in [1.165, 1.54) is 12.1 Å². The number of aromatic nitrogens is 1. The molecular formula is C17H20F2N2. The predicted molar refractivity (Wildman–Crippen MR) is 79.5 cm³/mol. The van der Waals surface area contributed by atoms with Crippen LogP contribution in [-0.2, 0) is 6.42 Å². The highest BCUT2D eigenvalue weighted by molar-refractivity contribution is 5.45. The van der Waals surface area contributed by atoms with Crippen LogP contribution < -0.4 is 5.73 Å². The van der Waals surface area contributed by atoms with Crippen LogP contribution in [0.25, 0.3) is 5.69 Å². The van der Waals surface area contributed by atoms with Crippen molar-refractivity contribution in [3.05, 3.63) is 52.9 Å². The molecule has 2 aromatic rings. The highest BCUT2D eigenvalue weighted by Crippen LogP contribution is 2.42. The lowest BCUT2D eigenvalue weighted by Crippen LogP contribution is -2.30. The van der Waals surface area contributed by atoms with Gasteiger partial charge in [0.05, 0.1) is 5.69 Å². The molecule has 2 N–H and O–H groups in total. The van der Waals surface area contributed by atoms with Gasteiger partial charge in [0.1, 0.15) is 11.6 Å². The molecule has 1 heterocycles. The zero-order valence-corrected chi connectivity index (χ0v) is 12.6. The van der Waals surface area contributed by atoms with E-state index in [0.717, 1.165) is 35.9 Å². The van der Waals surface area contributed by atoms with E-state index in [2.05, 4.69) is 13.8 Å². The summed E-state index contributed by atoms with van der Waals surface area (Å²) in [5.41, 5.74) is 9.79. The summed E-state index contributed by atoms with van der Waals surface area (Å²) in [7, 11) is 0. The van der Waals surface area contributed by atoms with Gasteiger partial charge in [0.2, 0.25) is 0 Å². The van der Waals surface area contributed by atoms with Crippen LogP contribution in [0.4, 0.5) is 8.78 Å². The van der Waals surface area contributed by atoms with Gasteiger partial charge in [0.15, 0.2) is 0 Å². The van der Waals surface area contributed by atoms with Gasteiger partial charge in [-0.25, -0.2) is 8.78 Å². The smallest absolute Gasteiger partial charge is 0.150 e. The Balaban J connectivity index is 2.21. The lowest BCUT2D eigenvalue weighted by Gasteiger charge is -2.34. The van der Waals surface area contributed by atoms with Crippen molar-refractivity contribution in [1.82, 2.24) is 4.57 Å². The fourth-order valence-electron chi connectivity index (χ4n) is 3.45. The molecule has 2 nitrogen and oxygen atoms in total. The van der Waals surface area contributed by atoms with Crippen LogP contribution >= 0.6 is 0 Å². The standard InChI is InChI=1S/C17H20F2N2/c1-10-6-12-14(20)8-17(2,3)9-16(12)21(10)15-5-4-11(18)7-13(15)19/h4-7,14H,8-9,20H2,1-3H3. The molecule has 3 rings (SSSR count). The van der Waals surface area contributed by atoms with Crippen LogP contribution in [0.1, 0.15) is 43.3 Å². The Hall–Kier alpha value is -1.68. The Bertz CT molecular complexity index is 701. The third-order valence-corrected chi connectivity index (χ3v) is 4.29. The fraction of sp³-hybridized carbons (Fsp3) is 0.412. The number of aryl methyl sites for hydroxylation is 1. The van der Waals surface area contributed by atoms with E-state index >= 15 is 0 Å². The van der Waals surface area contributed by atoms with Crippen molar-refractivity contribution in [3.8, 4) is 5.69 Å². The van der Waals surface area contributed by atoms with Crippen LogP contribution in [0.2, 0.25) is 0 Å². The molecule has 1 unspecified atom stereocenters. The first-order chi connectivity index (χ1) is 9.78. The number of halogens is 2. The molecule has 4 heteroatoms. The monoisotopic (exact) mass is 290 g/mol. The quantitative estimate of drug-likeness (QED) is 0.844. The molecule has 1 aromatic carbocycles. The van der Waals surface area contributed by atoms with Crippen molar-refractivity contribution < 1.29 is 8.78 Å². The van der Waals surface area contributed by atoms with E-state index < -0.39 is 11.6 Å². The maximum Gasteiger partial charge on any atom is 0.150 e. The molecule has 0 saturated heterocycles. The van der Waals surface area contributed by atoms with Crippen LogP contribution in [-0.4, -0.2) is 4.57 Å². The summed E-state index contributed by atoms with van der Waals surface area (Å²) in [6.45, 7) is 6.27. The molecule has 0 spiro atoms. The lowest BCUT2D eigenvalue weighted by molar-refractivity contribution is 0.278. The minimum absolute atomic E-state index is 0.0350. The minimum Gasteiger partial charge on any atom is -0.324 e. The van der Waals surface area contributed by atoms with Gasteiger partial charge in [-0.3, -0.25) is 0 Å². The van der Waals surface area contributed by atoms with Crippen molar-refractivity contribution in [2.45, 2.75) is 39.7 Å². The Kier molecular flexibility index (Phi) is 3.17.